The van der Waals surface area contributed by atoms with Crippen molar-refractivity contribution < 1.29 is 39.0 Å². The molecular weight excluding hydrogens is 524 g/mol. The maximum atomic E-state index is 12.3. The number of benzene rings is 1. The van der Waals surface area contributed by atoms with Gasteiger partial charge in [0.05, 0.1) is 11.8 Å². The number of carboxylic acid groups (broad SMARTS) is 2. The van der Waals surface area contributed by atoms with E-state index in [9.17, 15) is 19.2 Å². The molecule has 2 rings (SSSR count). The topological polar surface area (TPSA) is 216 Å². The van der Waals surface area contributed by atoms with Crippen molar-refractivity contribution in [2.24, 2.45) is 5.10 Å². The molecule has 0 aliphatic heterocycles. The number of rotatable bonds is 15. The highest BCUT2D eigenvalue weighted by Crippen LogP contribution is 2.06. The van der Waals surface area contributed by atoms with Crippen LogP contribution in [0.5, 0.6) is 0 Å². The molecule has 1 unspecified atom stereocenters. The second kappa shape index (κ2) is 19.0. The summed E-state index contributed by atoms with van der Waals surface area (Å²) in [5, 5.41) is 29.4. The van der Waals surface area contributed by atoms with Crippen LogP contribution < -0.4 is 21.4 Å². The number of hydrogen-bond donors (Lipinski definition) is 6. The lowest BCUT2D eigenvalue weighted by Crippen LogP contribution is -2.46. The quantitative estimate of drug-likeness (QED) is 0.106. The number of hydrogen-bond acceptors (Lipinski definition) is 9. The van der Waals surface area contributed by atoms with Gasteiger partial charge in [-0.05, 0) is 50.3 Å². The lowest BCUT2D eigenvalue weighted by Gasteiger charge is -2.14. The Kier molecular flexibility index (Phi) is 15.7. The van der Waals surface area contributed by atoms with Crippen molar-refractivity contribution in [3.05, 3.63) is 59.3 Å². The Balaban J connectivity index is 0.00000254. The molecule has 0 saturated heterocycles. The number of pyridine rings is 1. The smallest absolute Gasteiger partial charge is 0.373 e. The monoisotopic (exact) mass is 556 g/mol. The molecular formula is C26H32N6O8. The third kappa shape index (κ3) is 14.6. The van der Waals surface area contributed by atoms with Gasteiger partial charge >= 0.3 is 24.1 Å². The van der Waals surface area contributed by atoms with Gasteiger partial charge in [-0.15, -0.1) is 0 Å². The van der Waals surface area contributed by atoms with Gasteiger partial charge in [0.25, 0.3) is 5.91 Å². The molecule has 0 aliphatic carbocycles. The van der Waals surface area contributed by atoms with Crippen LogP contribution >= 0.6 is 0 Å². The van der Waals surface area contributed by atoms with E-state index in [-0.39, 0.29) is 24.9 Å². The van der Waals surface area contributed by atoms with Crippen molar-refractivity contribution in [1.82, 2.24) is 20.9 Å². The average molecular weight is 557 g/mol. The van der Waals surface area contributed by atoms with E-state index in [1.807, 2.05) is 31.2 Å². The predicted molar refractivity (Wildman–Crippen MR) is 143 cm³/mol. The zero-order valence-corrected chi connectivity index (χ0v) is 21.9. The van der Waals surface area contributed by atoms with Gasteiger partial charge in [0.15, 0.2) is 0 Å². The molecule has 1 aromatic carbocycles. The summed E-state index contributed by atoms with van der Waals surface area (Å²) >= 11 is 0. The zero-order valence-electron chi connectivity index (χ0n) is 21.9. The lowest BCUT2D eigenvalue weighted by molar-refractivity contribution is -0.191. The van der Waals surface area contributed by atoms with Gasteiger partial charge in [-0.1, -0.05) is 29.8 Å². The Morgan fingerprint density at radius 1 is 0.975 bits per heavy atom. The van der Waals surface area contributed by atoms with Crippen molar-refractivity contribution >= 4 is 42.1 Å². The van der Waals surface area contributed by atoms with Crippen LogP contribution in [0.2, 0.25) is 0 Å². The predicted octanol–water partition coefficient (Wildman–Crippen LogP) is 1.77. The number of hydrazone groups is 1. The van der Waals surface area contributed by atoms with E-state index in [1.165, 1.54) is 11.8 Å². The molecule has 1 atom stereocenters. The standard InChI is InChI=1S/C25H32N6O6.CO2/c1-17-5-7-18(8-6-17)15-29-31-21-11-9-19(16-28-21)23(34)26-13-3-2-4-14-27-25(37)30-20(24(35)36)10-12-22(32)33;2-1-3/h5-9,11,15-16,20H,2-4,10,12-14H2,1H3,(H,26,34)(H,28,31)(H,32,33)(H,35,36)(H2,27,30,37);/b29-15-;. The van der Waals surface area contributed by atoms with Crippen molar-refractivity contribution in [2.75, 3.05) is 18.5 Å². The fraction of sp³-hybridized carbons (Fsp3) is 0.346. The van der Waals surface area contributed by atoms with Crippen molar-refractivity contribution in [3.63, 3.8) is 0 Å². The van der Waals surface area contributed by atoms with E-state index in [1.54, 1.807) is 18.3 Å². The Bertz CT molecular complexity index is 1160. The second-order valence-corrected chi connectivity index (χ2v) is 8.34. The summed E-state index contributed by atoms with van der Waals surface area (Å²) in [6.07, 6.45) is 4.87. The molecule has 0 spiro atoms. The highest BCUT2D eigenvalue weighted by atomic mass is 16.4. The number of nitrogens with zero attached hydrogens (tertiary/aromatic N) is 2. The van der Waals surface area contributed by atoms with Gasteiger partial charge in [-0.3, -0.25) is 15.0 Å². The fourth-order valence-electron chi connectivity index (χ4n) is 3.09. The number of aromatic nitrogens is 1. The molecule has 1 heterocycles. The van der Waals surface area contributed by atoms with E-state index in [4.69, 9.17) is 19.8 Å². The summed E-state index contributed by atoms with van der Waals surface area (Å²) < 4.78 is 0. The first kappa shape index (κ1) is 32.9. The molecule has 14 nitrogen and oxygen atoms in total. The summed E-state index contributed by atoms with van der Waals surface area (Å²) in [6, 6.07) is 9.28. The summed E-state index contributed by atoms with van der Waals surface area (Å²) in [6.45, 7) is 2.77. The molecule has 0 bridgehead atoms. The van der Waals surface area contributed by atoms with Crippen LogP contribution in [-0.2, 0) is 19.2 Å². The highest BCUT2D eigenvalue weighted by molar-refractivity contribution is 5.94. The summed E-state index contributed by atoms with van der Waals surface area (Å²) in [5.74, 6) is -2.17. The summed E-state index contributed by atoms with van der Waals surface area (Å²) in [7, 11) is 0. The Hall–Kier alpha value is -5.10. The number of nitrogens with one attached hydrogen (secondary N) is 4. The molecule has 214 valence electrons. The Morgan fingerprint density at radius 2 is 1.62 bits per heavy atom. The zero-order chi connectivity index (χ0) is 29.8. The third-order valence-corrected chi connectivity index (χ3v) is 5.17. The van der Waals surface area contributed by atoms with Gasteiger partial charge < -0.3 is 26.2 Å². The molecule has 2 aromatic rings. The largest absolute Gasteiger partial charge is 0.481 e. The SMILES string of the molecule is Cc1ccc(/C=N\Nc2ccc(C(=O)NCCCCCNC(=O)NC(CCC(=O)O)C(=O)O)cn2)cc1.O=C=O. The van der Waals surface area contributed by atoms with Crippen LogP contribution in [0.4, 0.5) is 10.6 Å². The minimum atomic E-state index is -1.29. The summed E-state index contributed by atoms with van der Waals surface area (Å²) in [5.41, 5.74) is 5.36. The minimum absolute atomic E-state index is 0.200. The van der Waals surface area contributed by atoms with E-state index in [0.717, 1.165) is 12.0 Å². The van der Waals surface area contributed by atoms with Crippen molar-refractivity contribution in [2.45, 2.75) is 45.1 Å². The number of aliphatic carboxylic acids is 2. The van der Waals surface area contributed by atoms with Gasteiger partial charge in [0, 0.05) is 25.7 Å². The maximum Gasteiger partial charge on any atom is 0.373 e. The average Bonchev–Trinajstić information content (AvgIpc) is 2.92. The van der Waals surface area contributed by atoms with Crippen LogP contribution in [-0.4, -0.2) is 70.6 Å². The van der Waals surface area contributed by atoms with Crippen LogP contribution in [0, 0.1) is 6.92 Å². The molecule has 0 fully saturated rings. The van der Waals surface area contributed by atoms with E-state index in [0.29, 0.717) is 37.3 Å². The van der Waals surface area contributed by atoms with Crippen LogP contribution in [0.15, 0.2) is 47.7 Å². The number of carbonyl (C=O) groups excluding carboxylic acids is 4. The first-order valence-electron chi connectivity index (χ1n) is 12.2. The number of anilines is 1. The fourth-order valence-corrected chi connectivity index (χ4v) is 3.09. The van der Waals surface area contributed by atoms with Crippen molar-refractivity contribution in [1.29, 1.82) is 0 Å². The molecule has 6 N–H and O–H groups in total. The van der Waals surface area contributed by atoms with E-state index >= 15 is 0 Å². The normalized spacial score (nSPS) is 10.8. The van der Waals surface area contributed by atoms with Gasteiger partial charge in [0.1, 0.15) is 11.9 Å². The maximum absolute atomic E-state index is 12.3. The molecule has 0 aliphatic rings. The minimum Gasteiger partial charge on any atom is -0.481 e. The van der Waals surface area contributed by atoms with Crippen LogP contribution in [0.1, 0.15) is 53.6 Å². The van der Waals surface area contributed by atoms with Crippen LogP contribution in [0.3, 0.4) is 0 Å². The lowest BCUT2D eigenvalue weighted by atomic mass is 10.1. The van der Waals surface area contributed by atoms with E-state index < -0.39 is 24.0 Å². The van der Waals surface area contributed by atoms with Gasteiger partial charge in [-0.2, -0.15) is 14.7 Å². The second-order valence-electron chi connectivity index (χ2n) is 8.34. The number of aryl methyl sites for hydroxylation is 1. The first-order valence-corrected chi connectivity index (χ1v) is 12.2. The number of carbonyl (C=O) groups is 4. The molecule has 0 saturated carbocycles. The first-order chi connectivity index (χ1) is 19.2. The number of urea groups is 1. The molecule has 40 heavy (non-hydrogen) atoms. The number of amides is 3. The summed E-state index contributed by atoms with van der Waals surface area (Å²) in [4.78, 5) is 66.1. The Morgan fingerprint density at radius 3 is 2.20 bits per heavy atom. The highest BCUT2D eigenvalue weighted by Gasteiger charge is 2.20. The molecule has 3 amide bonds. The number of carboxylic acids is 2. The Labute approximate surface area is 230 Å². The van der Waals surface area contributed by atoms with Crippen molar-refractivity contribution in [3.8, 4) is 0 Å². The van der Waals surface area contributed by atoms with Gasteiger partial charge in [0.2, 0.25) is 0 Å². The molecule has 14 heteroatoms. The van der Waals surface area contributed by atoms with Crippen LogP contribution in [0.25, 0.3) is 0 Å². The third-order valence-electron chi connectivity index (χ3n) is 5.17. The van der Waals surface area contributed by atoms with E-state index in [2.05, 4.69) is 31.5 Å². The van der Waals surface area contributed by atoms with Gasteiger partial charge in [-0.25, -0.2) is 14.6 Å². The molecule has 0 radical (unpaired) electrons. The number of unbranched alkanes of at least 4 members (excludes halogenated alkanes) is 2. The molecule has 1 aromatic heterocycles.